The molecule has 0 aliphatic carbocycles. The molecule has 1 aliphatic heterocycles. The van der Waals surface area contributed by atoms with Gasteiger partial charge in [0.05, 0.1) is 0 Å². The van der Waals surface area contributed by atoms with Gasteiger partial charge < -0.3 is 10.6 Å². The van der Waals surface area contributed by atoms with Crippen molar-refractivity contribution in [1.29, 1.82) is 0 Å². The lowest BCUT2D eigenvalue weighted by molar-refractivity contribution is 0.0994. The Morgan fingerprint density at radius 3 is 2.76 bits per heavy atom. The van der Waals surface area contributed by atoms with E-state index >= 15 is 0 Å². The summed E-state index contributed by atoms with van der Waals surface area (Å²) in [4.78, 5) is 13.3. The molecule has 1 aromatic heterocycles. The molecule has 7 heteroatoms. The summed E-state index contributed by atoms with van der Waals surface area (Å²) in [6.07, 6.45) is 0.658. The molecule has 0 saturated heterocycles. The first kappa shape index (κ1) is 13.5. The van der Waals surface area contributed by atoms with Crippen molar-refractivity contribution >= 4 is 11.6 Å². The second-order valence-electron chi connectivity index (χ2n) is 5.03. The van der Waals surface area contributed by atoms with Gasteiger partial charge in [-0.3, -0.25) is 9.48 Å². The molecule has 2 aromatic rings. The maximum Gasteiger partial charge on any atom is 0.269 e. The molecule has 0 atom stereocenters. The average molecular weight is 292 g/mol. The zero-order valence-electron chi connectivity index (χ0n) is 11.4. The van der Waals surface area contributed by atoms with E-state index in [-0.39, 0.29) is 5.69 Å². The Bertz CT molecular complexity index is 726. The summed E-state index contributed by atoms with van der Waals surface area (Å²) < 4.78 is 28.0. The van der Waals surface area contributed by atoms with Crippen LogP contribution in [0.25, 0.3) is 0 Å². The molecule has 2 heterocycles. The summed E-state index contributed by atoms with van der Waals surface area (Å²) in [7, 11) is 1.76. The Morgan fingerprint density at radius 1 is 1.33 bits per heavy atom. The van der Waals surface area contributed by atoms with Crippen LogP contribution in [0.15, 0.2) is 18.2 Å². The molecule has 5 nitrogen and oxygen atoms in total. The van der Waals surface area contributed by atoms with Crippen molar-refractivity contribution in [2.24, 2.45) is 12.8 Å². The Hall–Kier alpha value is -2.44. The number of anilines is 1. The highest BCUT2D eigenvalue weighted by Gasteiger charge is 2.26. The van der Waals surface area contributed by atoms with Crippen LogP contribution in [0.1, 0.15) is 21.7 Å². The number of nitrogens with zero attached hydrogens (tertiary/aromatic N) is 3. The minimum absolute atomic E-state index is 0.236. The van der Waals surface area contributed by atoms with Gasteiger partial charge in [0.25, 0.3) is 5.91 Å². The van der Waals surface area contributed by atoms with Crippen molar-refractivity contribution in [2.75, 3.05) is 11.4 Å². The Morgan fingerprint density at radius 2 is 2.10 bits per heavy atom. The van der Waals surface area contributed by atoms with E-state index < -0.39 is 17.5 Å². The second-order valence-corrected chi connectivity index (χ2v) is 5.03. The van der Waals surface area contributed by atoms with Crippen LogP contribution in [-0.4, -0.2) is 22.2 Å². The number of halogens is 2. The summed E-state index contributed by atoms with van der Waals surface area (Å²) in [5.74, 6) is -2.35. The Labute approximate surface area is 120 Å². The Balaban J connectivity index is 1.96. The third-order valence-corrected chi connectivity index (χ3v) is 3.74. The number of nitrogens with two attached hydrogens (primary N) is 1. The third kappa shape index (κ3) is 2.24. The van der Waals surface area contributed by atoms with Gasteiger partial charge in [0.2, 0.25) is 0 Å². The molecule has 0 bridgehead atoms. The predicted octanol–water partition coefficient (Wildman–Crippen LogP) is 1.36. The largest absolute Gasteiger partial charge is 0.367 e. The van der Waals surface area contributed by atoms with Gasteiger partial charge >= 0.3 is 0 Å². The quantitative estimate of drug-likeness (QED) is 0.909. The van der Waals surface area contributed by atoms with Gasteiger partial charge in [-0.2, -0.15) is 5.10 Å². The number of carbonyl (C=O) groups excluding carboxylic acids is 1. The van der Waals surface area contributed by atoms with E-state index in [1.807, 2.05) is 4.90 Å². The molecule has 0 spiro atoms. The molecular formula is C14H14F2N4O. The van der Waals surface area contributed by atoms with Gasteiger partial charge in [-0.05, 0) is 12.1 Å². The number of hydrogen-bond acceptors (Lipinski definition) is 3. The van der Waals surface area contributed by atoms with Gasteiger partial charge in [-0.25, -0.2) is 8.78 Å². The highest BCUT2D eigenvalue weighted by Crippen LogP contribution is 2.27. The van der Waals surface area contributed by atoms with E-state index in [2.05, 4.69) is 5.10 Å². The van der Waals surface area contributed by atoms with E-state index in [0.717, 1.165) is 23.4 Å². The van der Waals surface area contributed by atoms with Crippen LogP contribution in [0.2, 0.25) is 0 Å². The number of fused-ring (bicyclic) bond motifs is 1. The molecule has 0 saturated carbocycles. The smallest absolute Gasteiger partial charge is 0.269 e. The maximum absolute atomic E-state index is 13.3. The van der Waals surface area contributed by atoms with Crippen LogP contribution in [0.3, 0.4) is 0 Å². The van der Waals surface area contributed by atoms with E-state index in [4.69, 9.17) is 5.73 Å². The van der Waals surface area contributed by atoms with Crippen molar-refractivity contribution in [3.63, 3.8) is 0 Å². The molecule has 2 N–H and O–H groups in total. The normalized spacial score (nSPS) is 14.1. The standard InChI is InChI=1S/C14H14F2N4O/c1-19-12-4-5-20(7-9(12)13(18-19)14(17)21)8-2-3-10(15)11(16)6-8/h2-3,6H,4-5,7H2,1H3,(H2,17,21). The fourth-order valence-electron chi connectivity index (χ4n) is 2.69. The van der Waals surface area contributed by atoms with Crippen molar-refractivity contribution in [1.82, 2.24) is 9.78 Å². The van der Waals surface area contributed by atoms with Crippen LogP contribution < -0.4 is 10.6 Å². The van der Waals surface area contributed by atoms with Crippen LogP contribution in [0, 0.1) is 11.6 Å². The number of hydrogen-bond donors (Lipinski definition) is 1. The second kappa shape index (κ2) is 4.83. The molecular weight excluding hydrogens is 278 g/mol. The van der Waals surface area contributed by atoms with E-state index in [0.29, 0.717) is 25.2 Å². The molecule has 1 amide bonds. The number of carbonyl (C=O) groups is 1. The SMILES string of the molecule is Cn1nc(C(N)=O)c2c1CCN(c1ccc(F)c(F)c1)C2. The van der Waals surface area contributed by atoms with Gasteiger partial charge in [-0.15, -0.1) is 0 Å². The monoisotopic (exact) mass is 292 g/mol. The zero-order valence-corrected chi connectivity index (χ0v) is 11.4. The van der Waals surface area contributed by atoms with Crippen LogP contribution in [-0.2, 0) is 20.0 Å². The fraction of sp³-hybridized carbons (Fsp3) is 0.286. The lowest BCUT2D eigenvalue weighted by atomic mass is 10.0. The first-order valence-corrected chi connectivity index (χ1v) is 6.52. The molecule has 0 unspecified atom stereocenters. The van der Waals surface area contributed by atoms with Crippen LogP contribution in [0.5, 0.6) is 0 Å². The molecule has 1 aliphatic rings. The lowest BCUT2D eigenvalue weighted by Gasteiger charge is -2.29. The minimum Gasteiger partial charge on any atom is -0.367 e. The molecule has 21 heavy (non-hydrogen) atoms. The number of primary amides is 1. The average Bonchev–Trinajstić information content (AvgIpc) is 2.79. The van der Waals surface area contributed by atoms with E-state index in [1.54, 1.807) is 11.7 Å². The van der Waals surface area contributed by atoms with Crippen LogP contribution >= 0.6 is 0 Å². The highest BCUT2D eigenvalue weighted by atomic mass is 19.2. The van der Waals surface area contributed by atoms with E-state index in [9.17, 15) is 13.6 Å². The van der Waals surface area contributed by atoms with Crippen LogP contribution in [0.4, 0.5) is 14.5 Å². The molecule has 3 rings (SSSR count). The number of amides is 1. The first-order valence-electron chi connectivity index (χ1n) is 6.52. The molecule has 0 fully saturated rings. The molecule has 1 aromatic carbocycles. The molecule has 110 valence electrons. The predicted molar refractivity (Wildman–Crippen MR) is 72.8 cm³/mol. The number of aryl methyl sites for hydroxylation is 1. The van der Waals surface area contributed by atoms with Gasteiger partial charge in [0.15, 0.2) is 17.3 Å². The van der Waals surface area contributed by atoms with Crippen molar-refractivity contribution in [3.8, 4) is 0 Å². The van der Waals surface area contributed by atoms with Gasteiger partial charge in [0, 0.05) is 49.6 Å². The summed E-state index contributed by atoms with van der Waals surface area (Å²) in [5.41, 5.74) is 7.84. The van der Waals surface area contributed by atoms with Gasteiger partial charge in [0.1, 0.15) is 0 Å². The number of aromatic nitrogens is 2. The van der Waals surface area contributed by atoms with E-state index in [1.165, 1.54) is 6.07 Å². The molecule has 0 radical (unpaired) electrons. The highest BCUT2D eigenvalue weighted by molar-refractivity contribution is 5.92. The summed E-state index contributed by atoms with van der Waals surface area (Å²) in [5, 5.41) is 4.13. The lowest BCUT2D eigenvalue weighted by Crippen LogP contribution is -2.32. The van der Waals surface area contributed by atoms with Gasteiger partial charge in [-0.1, -0.05) is 0 Å². The topological polar surface area (TPSA) is 64.2 Å². The Kier molecular flexibility index (Phi) is 3.12. The fourth-order valence-corrected chi connectivity index (χ4v) is 2.69. The summed E-state index contributed by atoms with van der Waals surface area (Å²) >= 11 is 0. The summed E-state index contributed by atoms with van der Waals surface area (Å²) in [6, 6.07) is 3.77. The number of rotatable bonds is 2. The van der Waals surface area contributed by atoms with Crippen molar-refractivity contribution < 1.29 is 13.6 Å². The first-order chi connectivity index (χ1) is 9.97. The maximum atomic E-state index is 13.3. The zero-order chi connectivity index (χ0) is 15.1. The minimum atomic E-state index is -0.889. The van der Waals surface area contributed by atoms with Crippen molar-refractivity contribution in [3.05, 3.63) is 46.8 Å². The summed E-state index contributed by atoms with van der Waals surface area (Å²) in [6.45, 7) is 1.03. The van der Waals surface area contributed by atoms with Crippen molar-refractivity contribution in [2.45, 2.75) is 13.0 Å². The third-order valence-electron chi connectivity index (χ3n) is 3.74. The number of benzene rings is 1.